The number of anilines is 1. The Morgan fingerprint density at radius 2 is 1.96 bits per heavy atom. The lowest BCUT2D eigenvalue weighted by atomic mass is 10.2. The van der Waals surface area contributed by atoms with E-state index in [0.29, 0.717) is 0 Å². The number of carbonyl (C=O) groups is 3. The van der Waals surface area contributed by atoms with Gasteiger partial charge in [0.15, 0.2) is 6.61 Å². The summed E-state index contributed by atoms with van der Waals surface area (Å²) in [6.45, 7) is -0.717. The molecule has 126 valence electrons. The van der Waals surface area contributed by atoms with Crippen LogP contribution in [-0.4, -0.2) is 57.0 Å². The first-order chi connectivity index (χ1) is 10.8. The third-order valence-corrected chi connectivity index (χ3v) is 3.14. The van der Waals surface area contributed by atoms with Gasteiger partial charge in [0.1, 0.15) is 11.3 Å². The van der Waals surface area contributed by atoms with Gasteiger partial charge in [0.05, 0.1) is 24.4 Å². The average molecular weight is 344 g/mol. The molecule has 2 amide bonds. The van der Waals surface area contributed by atoms with E-state index in [9.17, 15) is 14.4 Å². The molecule has 0 saturated heterocycles. The summed E-state index contributed by atoms with van der Waals surface area (Å²) >= 11 is 5.85. The standard InChI is InChI=1S/C14H18ClN3O5/c1-18(2)13(20)6-17-12(19)7-23-14(21)8-4-9(15)10(16)5-11(8)22-3/h4-5H,6-7,16H2,1-3H3,(H,17,19). The van der Waals surface area contributed by atoms with E-state index in [1.807, 2.05) is 0 Å². The summed E-state index contributed by atoms with van der Waals surface area (Å²) in [6.07, 6.45) is 0. The number of esters is 1. The number of rotatable bonds is 6. The van der Waals surface area contributed by atoms with Gasteiger partial charge in [-0.3, -0.25) is 9.59 Å². The lowest BCUT2D eigenvalue weighted by Crippen LogP contribution is -2.38. The summed E-state index contributed by atoms with van der Waals surface area (Å²) < 4.78 is 9.89. The quantitative estimate of drug-likeness (QED) is 0.567. The predicted octanol–water partition coefficient (Wildman–Crippen LogP) is 0.292. The van der Waals surface area contributed by atoms with Crippen LogP contribution in [0.4, 0.5) is 5.69 Å². The number of carbonyl (C=O) groups excluding carboxylic acids is 3. The molecule has 0 spiro atoms. The van der Waals surface area contributed by atoms with Gasteiger partial charge in [0, 0.05) is 20.2 Å². The molecular formula is C14H18ClN3O5. The van der Waals surface area contributed by atoms with Crippen LogP contribution in [0.25, 0.3) is 0 Å². The number of likely N-dealkylation sites (N-methyl/N-ethyl adjacent to an activating group) is 1. The molecule has 0 atom stereocenters. The van der Waals surface area contributed by atoms with Crippen molar-refractivity contribution in [1.29, 1.82) is 0 Å². The molecule has 1 aromatic rings. The van der Waals surface area contributed by atoms with E-state index in [2.05, 4.69) is 5.32 Å². The number of benzene rings is 1. The first-order valence-corrected chi connectivity index (χ1v) is 6.91. The Hall–Kier alpha value is -2.48. The number of amides is 2. The minimum Gasteiger partial charge on any atom is -0.496 e. The molecule has 9 heteroatoms. The Morgan fingerprint density at radius 3 is 2.52 bits per heavy atom. The second-order valence-corrected chi connectivity index (χ2v) is 5.12. The topological polar surface area (TPSA) is 111 Å². The number of nitrogens with zero attached hydrogens (tertiary/aromatic N) is 1. The SMILES string of the molecule is COc1cc(N)c(Cl)cc1C(=O)OCC(=O)NCC(=O)N(C)C. The molecule has 0 heterocycles. The first kappa shape index (κ1) is 18.6. The van der Waals surface area contributed by atoms with Gasteiger partial charge in [0.25, 0.3) is 5.91 Å². The fourth-order valence-corrected chi connectivity index (χ4v) is 1.65. The monoisotopic (exact) mass is 343 g/mol. The summed E-state index contributed by atoms with van der Waals surface area (Å²) in [4.78, 5) is 36.2. The van der Waals surface area contributed by atoms with Crippen molar-refractivity contribution >= 4 is 35.1 Å². The summed E-state index contributed by atoms with van der Waals surface area (Å²) in [7, 11) is 4.48. The molecule has 0 saturated carbocycles. The van der Waals surface area contributed by atoms with Crippen molar-refractivity contribution in [2.75, 3.05) is 40.1 Å². The Bertz CT molecular complexity index is 619. The number of nitrogen functional groups attached to an aromatic ring is 1. The number of hydrogen-bond acceptors (Lipinski definition) is 6. The van der Waals surface area contributed by atoms with Gasteiger partial charge in [-0.1, -0.05) is 11.6 Å². The highest BCUT2D eigenvalue weighted by atomic mass is 35.5. The zero-order valence-corrected chi connectivity index (χ0v) is 13.8. The maximum Gasteiger partial charge on any atom is 0.342 e. The molecule has 0 aliphatic heterocycles. The predicted molar refractivity (Wildman–Crippen MR) is 84.4 cm³/mol. The Kier molecular flexibility index (Phi) is 6.65. The maximum atomic E-state index is 12.0. The molecule has 23 heavy (non-hydrogen) atoms. The van der Waals surface area contributed by atoms with Gasteiger partial charge in [0.2, 0.25) is 5.91 Å². The van der Waals surface area contributed by atoms with E-state index in [0.717, 1.165) is 0 Å². The highest BCUT2D eigenvalue weighted by Gasteiger charge is 2.18. The molecule has 1 aromatic carbocycles. The van der Waals surface area contributed by atoms with E-state index < -0.39 is 18.5 Å². The van der Waals surface area contributed by atoms with E-state index in [1.54, 1.807) is 14.1 Å². The van der Waals surface area contributed by atoms with E-state index in [4.69, 9.17) is 26.8 Å². The highest BCUT2D eigenvalue weighted by molar-refractivity contribution is 6.33. The highest BCUT2D eigenvalue weighted by Crippen LogP contribution is 2.29. The number of methoxy groups -OCH3 is 1. The summed E-state index contributed by atoms with van der Waals surface area (Å²) in [6, 6.07) is 2.68. The largest absolute Gasteiger partial charge is 0.496 e. The van der Waals surface area contributed by atoms with Crippen molar-refractivity contribution in [1.82, 2.24) is 10.2 Å². The van der Waals surface area contributed by atoms with Crippen molar-refractivity contribution in [3.63, 3.8) is 0 Å². The number of hydrogen-bond donors (Lipinski definition) is 2. The Labute approximate surface area is 138 Å². The molecule has 0 aliphatic carbocycles. The molecule has 0 aliphatic rings. The first-order valence-electron chi connectivity index (χ1n) is 6.53. The summed E-state index contributed by atoms with van der Waals surface area (Å²) in [5, 5.41) is 2.50. The average Bonchev–Trinajstić information content (AvgIpc) is 2.51. The van der Waals surface area contributed by atoms with Crippen molar-refractivity contribution in [2.45, 2.75) is 0 Å². The fourth-order valence-electron chi connectivity index (χ4n) is 1.49. The van der Waals surface area contributed by atoms with Gasteiger partial charge in [-0.25, -0.2) is 4.79 Å². The van der Waals surface area contributed by atoms with Crippen LogP contribution in [0.3, 0.4) is 0 Å². The van der Waals surface area contributed by atoms with Crippen LogP contribution in [0.15, 0.2) is 12.1 Å². The lowest BCUT2D eigenvalue weighted by Gasteiger charge is -2.12. The van der Waals surface area contributed by atoms with Gasteiger partial charge in [-0.15, -0.1) is 0 Å². The normalized spacial score (nSPS) is 9.91. The van der Waals surface area contributed by atoms with Gasteiger partial charge in [-0.2, -0.15) is 0 Å². The van der Waals surface area contributed by atoms with Crippen molar-refractivity contribution in [2.24, 2.45) is 0 Å². The number of halogens is 1. The number of ether oxygens (including phenoxy) is 2. The molecule has 0 aromatic heterocycles. The number of nitrogens with one attached hydrogen (secondary N) is 1. The molecule has 0 unspecified atom stereocenters. The molecule has 1 rings (SSSR count). The number of nitrogens with two attached hydrogens (primary N) is 1. The van der Waals surface area contributed by atoms with E-state index in [-0.39, 0.29) is 34.5 Å². The van der Waals surface area contributed by atoms with Crippen LogP contribution in [0.1, 0.15) is 10.4 Å². The maximum absolute atomic E-state index is 12.0. The molecule has 3 N–H and O–H groups in total. The third kappa shape index (κ3) is 5.33. The molecule has 0 radical (unpaired) electrons. The van der Waals surface area contributed by atoms with Crippen molar-refractivity contribution in [3.05, 3.63) is 22.7 Å². The summed E-state index contributed by atoms with van der Waals surface area (Å²) in [5.41, 5.74) is 5.91. The van der Waals surface area contributed by atoms with E-state index >= 15 is 0 Å². The summed E-state index contributed by atoms with van der Waals surface area (Å²) in [5.74, 6) is -1.50. The smallest absolute Gasteiger partial charge is 0.342 e. The third-order valence-electron chi connectivity index (χ3n) is 2.81. The zero-order valence-electron chi connectivity index (χ0n) is 13.0. The zero-order chi connectivity index (χ0) is 17.6. The van der Waals surface area contributed by atoms with Crippen LogP contribution < -0.4 is 15.8 Å². The molecule has 8 nitrogen and oxygen atoms in total. The minimum absolute atomic E-state index is 0.0452. The second-order valence-electron chi connectivity index (χ2n) is 4.72. The van der Waals surface area contributed by atoms with E-state index in [1.165, 1.54) is 24.1 Å². The van der Waals surface area contributed by atoms with Crippen LogP contribution in [0.2, 0.25) is 5.02 Å². The lowest BCUT2D eigenvalue weighted by molar-refractivity contribution is -0.131. The fraction of sp³-hybridized carbons (Fsp3) is 0.357. The second kappa shape index (κ2) is 8.23. The molecule has 0 bridgehead atoms. The van der Waals surface area contributed by atoms with Crippen LogP contribution >= 0.6 is 11.6 Å². The van der Waals surface area contributed by atoms with Gasteiger partial charge >= 0.3 is 5.97 Å². The minimum atomic E-state index is -0.794. The molecule has 0 fully saturated rings. The molecular weight excluding hydrogens is 326 g/mol. The van der Waals surface area contributed by atoms with Crippen LogP contribution in [-0.2, 0) is 14.3 Å². The Morgan fingerprint density at radius 1 is 1.30 bits per heavy atom. The van der Waals surface area contributed by atoms with Crippen molar-refractivity contribution < 1.29 is 23.9 Å². The van der Waals surface area contributed by atoms with Crippen molar-refractivity contribution in [3.8, 4) is 5.75 Å². The van der Waals surface area contributed by atoms with Crippen LogP contribution in [0.5, 0.6) is 5.75 Å². The Balaban J connectivity index is 2.62. The van der Waals surface area contributed by atoms with Crippen LogP contribution in [0, 0.1) is 0 Å². The van der Waals surface area contributed by atoms with Gasteiger partial charge < -0.3 is 25.4 Å². The van der Waals surface area contributed by atoms with Gasteiger partial charge in [-0.05, 0) is 6.07 Å².